The van der Waals surface area contributed by atoms with Crippen molar-refractivity contribution >= 4 is 0 Å². The molecule has 1 aromatic rings. The summed E-state index contributed by atoms with van der Waals surface area (Å²) in [6.45, 7) is 11.6. The van der Waals surface area contributed by atoms with Gasteiger partial charge in [-0.25, -0.2) is 0 Å². The normalized spacial score (nSPS) is 32.3. The van der Waals surface area contributed by atoms with Gasteiger partial charge in [0, 0.05) is 5.56 Å². The summed E-state index contributed by atoms with van der Waals surface area (Å²) in [6.07, 6.45) is 4.28. The topological polar surface area (TPSA) is 29.5 Å². The Hall–Kier alpha value is -1.02. The van der Waals surface area contributed by atoms with Crippen LogP contribution in [0.5, 0.6) is 5.75 Å². The summed E-state index contributed by atoms with van der Waals surface area (Å²) in [5.41, 5.74) is 4.21. The quantitative estimate of drug-likeness (QED) is 0.798. The number of aliphatic hydroxyl groups is 1. The van der Waals surface area contributed by atoms with E-state index < -0.39 is 0 Å². The minimum Gasteiger partial charge on any atom is -0.496 e. The zero-order valence-corrected chi connectivity index (χ0v) is 15.6. The van der Waals surface area contributed by atoms with E-state index in [0.717, 1.165) is 17.7 Å². The van der Waals surface area contributed by atoms with Crippen LogP contribution in [0.25, 0.3) is 0 Å². The van der Waals surface area contributed by atoms with Crippen LogP contribution in [-0.2, 0) is 5.41 Å². The van der Waals surface area contributed by atoms with Gasteiger partial charge in [-0.3, -0.25) is 0 Å². The standard InChI is InChI=1S/C21H32O2/c1-13(2)18-16(23-6)9-8-14-19(18)15(22)12-17-20(3,4)10-7-11-21(14,17)5/h8-9,13,15,17,22H,7,10-12H2,1-6H3/t15-,17+,21-/m1/s1. The first-order valence-corrected chi connectivity index (χ1v) is 9.11. The van der Waals surface area contributed by atoms with Crippen LogP contribution in [0.4, 0.5) is 0 Å². The molecule has 0 spiro atoms. The lowest BCUT2D eigenvalue weighted by Gasteiger charge is -2.55. The molecular weight excluding hydrogens is 284 g/mol. The molecule has 2 nitrogen and oxygen atoms in total. The Labute approximate surface area is 141 Å². The summed E-state index contributed by atoms with van der Waals surface area (Å²) >= 11 is 0. The predicted octanol–water partition coefficient (Wildman–Crippen LogP) is 5.34. The summed E-state index contributed by atoms with van der Waals surface area (Å²) < 4.78 is 5.62. The number of hydrogen-bond donors (Lipinski definition) is 1. The third-order valence-electron chi connectivity index (χ3n) is 6.68. The van der Waals surface area contributed by atoms with E-state index in [1.54, 1.807) is 7.11 Å². The van der Waals surface area contributed by atoms with Crippen LogP contribution in [0.2, 0.25) is 0 Å². The second kappa shape index (κ2) is 5.51. The molecule has 2 aliphatic rings. The number of ether oxygens (including phenoxy) is 1. The van der Waals surface area contributed by atoms with Gasteiger partial charge in [-0.05, 0) is 59.1 Å². The van der Waals surface area contributed by atoms with E-state index in [1.165, 1.54) is 30.4 Å². The zero-order valence-electron chi connectivity index (χ0n) is 15.6. The Kier molecular flexibility index (Phi) is 4.03. The SMILES string of the molecule is COc1ccc2c(c1C(C)C)[C@H](O)C[C@H]1C(C)(C)CCC[C@]21C. The molecule has 3 rings (SSSR count). The molecule has 2 aliphatic carbocycles. The Morgan fingerprint density at radius 2 is 1.87 bits per heavy atom. The molecule has 1 aromatic carbocycles. The average Bonchev–Trinajstić information content (AvgIpc) is 2.48. The molecular formula is C21H32O2. The molecule has 0 aromatic heterocycles. The molecule has 0 bridgehead atoms. The monoisotopic (exact) mass is 316 g/mol. The molecule has 0 amide bonds. The molecule has 0 aliphatic heterocycles. The van der Waals surface area contributed by atoms with Gasteiger partial charge in [0.15, 0.2) is 0 Å². The van der Waals surface area contributed by atoms with E-state index in [0.29, 0.717) is 17.3 Å². The molecule has 0 heterocycles. The van der Waals surface area contributed by atoms with Crippen molar-refractivity contribution < 1.29 is 9.84 Å². The van der Waals surface area contributed by atoms with Crippen molar-refractivity contribution in [1.82, 2.24) is 0 Å². The molecule has 3 atom stereocenters. The molecule has 128 valence electrons. The van der Waals surface area contributed by atoms with Crippen LogP contribution in [0, 0.1) is 11.3 Å². The maximum absolute atomic E-state index is 11.0. The number of hydrogen-bond acceptors (Lipinski definition) is 2. The van der Waals surface area contributed by atoms with Crippen molar-refractivity contribution in [2.45, 2.75) is 77.7 Å². The highest BCUT2D eigenvalue weighted by molar-refractivity contribution is 5.52. The Balaban J connectivity index is 2.24. The fraction of sp³-hybridized carbons (Fsp3) is 0.714. The first-order valence-electron chi connectivity index (χ1n) is 9.11. The Morgan fingerprint density at radius 3 is 2.48 bits per heavy atom. The largest absolute Gasteiger partial charge is 0.496 e. The molecule has 1 N–H and O–H groups in total. The Morgan fingerprint density at radius 1 is 1.17 bits per heavy atom. The molecule has 0 unspecified atom stereocenters. The van der Waals surface area contributed by atoms with Gasteiger partial charge in [0.05, 0.1) is 13.2 Å². The predicted molar refractivity (Wildman–Crippen MR) is 95.1 cm³/mol. The van der Waals surface area contributed by atoms with Crippen molar-refractivity contribution in [1.29, 1.82) is 0 Å². The number of methoxy groups -OCH3 is 1. The highest BCUT2D eigenvalue weighted by Gasteiger charge is 2.52. The van der Waals surface area contributed by atoms with Gasteiger partial charge in [0.25, 0.3) is 0 Å². The molecule has 1 fully saturated rings. The number of benzene rings is 1. The third-order valence-corrected chi connectivity index (χ3v) is 6.68. The first-order chi connectivity index (χ1) is 10.7. The molecule has 1 saturated carbocycles. The smallest absolute Gasteiger partial charge is 0.122 e. The number of rotatable bonds is 2. The van der Waals surface area contributed by atoms with Crippen molar-refractivity contribution in [3.8, 4) is 5.75 Å². The Bertz CT molecular complexity index is 602. The third kappa shape index (κ3) is 2.41. The van der Waals surface area contributed by atoms with Gasteiger partial charge in [-0.2, -0.15) is 0 Å². The first kappa shape index (κ1) is 16.8. The number of fused-ring (bicyclic) bond motifs is 3. The van der Waals surface area contributed by atoms with Crippen LogP contribution in [0.15, 0.2) is 12.1 Å². The van der Waals surface area contributed by atoms with Crippen molar-refractivity contribution in [2.24, 2.45) is 11.3 Å². The zero-order chi connectivity index (χ0) is 17.0. The molecule has 2 heteroatoms. The summed E-state index contributed by atoms with van der Waals surface area (Å²) in [5.74, 6) is 1.82. The van der Waals surface area contributed by atoms with Gasteiger partial charge in [0.2, 0.25) is 0 Å². The second-order valence-corrected chi connectivity index (χ2v) is 8.86. The summed E-state index contributed by atoms with van der Waals surface area (Å²) in [4.78, 5) is 0. The average molecular weight is 316 g/mol. The van der Waals surface area contributed by atoms with Crippen molar-refractivity contribution in [3.63, 3.8) is 0 Å². The van der Waals surface area contributed by atoms with E-state index in [2.05, 4.69) is 46.8 Å². The van der Waals surface area contributed by atoms with Gasteiger partial charge in [0.1, 0.15) is 5.75 Å². The fourth-order valence-electron chi connectivity index (χ4n) is 5.61. The maximum Gasteiger partial charge on any atom is 0.122 e. The van der Waals surface area contributed by atoms with Crippen LogP contribution >= 0.6 is 0 Å². The van der Waals surface area contributed by atoms with Crippen LogP contribution in [-0.4, -0.2) is 12.2 Å². The van der Waals surface area contributed by atoms with Crippen LogP contribution < -0.4 is 4.74 Å². The molecule has 0 saturated heterocycles. The minimum absolute atomic E-state index is 0.173. The highest BCUT2D eigenvalue weighted by atomic mass is 16.5. The lowest BCUT2D eigenvalue weighted by Crippen LogP contribution is -2.49. The van der Waals surface area contributed by atoms with E-state index in [1.807, 2.05) is 0 Å². The van der Waals surface area contributed by atoms with Gasteiger partial charge >= 0.3 is 0 Å². The minimum atomic E-state index is -0.368. The molecule has 23 heavy (non-hydrogen) atoms. The van der Waals surface area contributed by atoms with E-state index in [-0.39, 0.29) is 11.5 Å². The number of aliphatic hydroxyl groups excluding tert-OH is 1. The maximum atomic E-state index is 11.0. The second-order valence-electron chi connectivity index (χ2n) is 8.86. The van der Waals surface area contributed by atoms with E-state index >= 15 is 0 Å². The van der Waals surface area contributed by atoms with Crippen molar-refractivity contribution in [3.05, 3.63) is 28.8 Å². The molecule has 0 radical (unpaired) electrons. The lowest BCUT2D eigenvalue weighted by atomic mass is 9.49. The van der Waals surface area contributed by atoms with Gasteiger partial charge in [-0.1, -0.05) is 47.1 Å². The lowest BCUT2D eigenvalue weighted by molar-refractivity contribution is -0.00733. The van der Waals surface area contributed by atoms with Crippen molar-refractivity contribution in [2.75, 3.05) is 7.11 Å². The highest BCUT2D eigenvalue weighted by Crippen LogP contribution is 2.60. The summed E-state index contributed by atoms with van der Waals surface area (Å²) in [7, 11) is 1.73. The van der Waals surface area contributed by atoms with Crippen LogP contribution in [0.3, 0.4) is 0 Å². The summed E-state index contributed by atoms with van der Waals surface area (Å²) in [6, 6.07) is 4.35. The summed E-state index contributed by atoms with van der Waals surface area (Å²) in [5, 5.41) is 11.0. The van der Waals surface area contributed by atoms with E-state index in [9.17, 15) is 5.11 Å². The fourth-order valence-corrected chi connectivity index (χ4v) is 5.61. The van der Waals surface area contributed by atoms with Gasteiger partial charge < -0.3 is 9.84 Å². The van der Waals surface area contributed by atoms with E-state index in [4.69, 9.17) is 4.74 Å². The van der Waals surface area contributed by atoms with Crippen LogP contribution in [0.1, 0.15) is 89.0 Å². The van der Waals surface area contributed by atoms with Gasteiger partial charge in [-0.15, -0.1) is 0 Å².